The molecule has 0 heterocycles. The van der Waals surface area contributed by atoms with E-state index >= 15 is 0 Å². The second-order valence-electron chi connectivity index (χ2n) is 5.87. The van der Waals surface area contributed by atoms with Crippen molar-refractivity contribution < 1.29 is 19.4 Å². The molecule has 0 saturated carbocycles. The Kier molecular flexibility index (Phi) is 8.68. The predicted octanol–water partition coefficient (Wildman–Crippen LogP) is 3.29. The summed E-state index contributed by atoms with van der Waals surface area (Å²) in [6.45, 7) is 7.84. The molecule has 1 amide bonds. The van der Waals surface area contributed by atoms with Crippen molar-refractivity contribution in [3.63, 3.8) is 0 Å². The first-order valence-electron chi connectivity index (χ1n) is 8.22. The number of carbonyl (C=O) groups excluding carboxylic acids is 1. The van der Waals surface area contributed by atoms with Gasteiger partial charge in [-0.3, -0.25) is 4.79 Å². The van der Waals surface area contributed by atoms with Gasteiger partial charge in [0.1, 0.15) is 11.8 Å². The molecule has 0 aliphatic carbocycles. The van der Waals surface area contributed by atoms with E-state index in [2.05, 4.69) is 19.2 Å². The second-order valence-corrected chi connectivity index (χ2v) is 7.26. The monoisotopic (exact) mass is 353 g/mol. The quantitative estimate of drug-likeness (QED) is 0.631. The van der Waals surface area contributed by atoms with Crippen molar-refractivity contribution in [2.24, 2.45) is 0 Å². The molecule has 0 aromatic heterocycles. The lowest BCUT2D eigenvalue weighted by atomic mass is 10.0. The van der Waals surface area contributed by atoms with Crippen molar-refractivity contribution in [2.45, 2.75) is 52.2 Å². The van der Waals surface area contributed by atoms with Gasteiger partial charge >= 0.3 is 5.97 Å². The van der Waals surface area contributed by atoms with E-state index in [4.69, 9.17) is 4.74 Å². The van der Waals surface area contributed by atoms with Gasteiger partial charge < -0.3 is 15.2 Å². The van der Waals surface area contributed by atoms with Crippen molar-refractivity contribution in [3.05, 3.63) is 29.8 Å². The van der Waals surface area contributed by atoms with Crippen molar-refractivity contribution >= 4 is 23.6 Å². The highest BCUT2D eigenvalue weighted by Crippen LogP contribution is 2.19. The van der Waals surface area contributed by atoms with Crippen LogP contribution in [0.5, 0.6) is 5.75 Å². The first kappa shape index (κ1) is 20.4. The molecule has 2 N–H and O–H groups in total. The Hall–Kier alpha value is -1.69. The van der Waals surface area contributed by atoms with Gasteiger partial charge in [0, 0.05) is 0 Å². The molecule has 1 aromatic rings. The average molecular weight is 353 g/mol. The third kappa shape index (κ3) is 6.83. The van der Waals surface area contributed by atoms with Gasteiger partial charge in [0.05, 0.1) is 0 Å². The fourth-order valence-electron chi connectivity index (χ4n) is 2.08. The summed E-state index contributed by atoms with van der Waals surface area (Å²) in [4.78, 5) is 23.4. The molecule has 0 aliphatic rings. The number of benzene rings is 1. The standard InChI is InChI=1S/C18H27NO4S/c1-5-24-11-10-16(18(21)22)19-17(20)13(4)23-15-8-6-14(7-9-15)12(2)3/h6-9,12-13,16H,5,10-11H2,1-4H3,(H,19,20)(H,21,22). The van der Waals surface area contributed by atoms with Crippen LogP contribution in [0, 0.1) is 0 Å². The summed E-state index contributed by atoms with van der Waals surface area (Å²) in [6.07, 6.45) is -0.356. The Bertz CT molecular complexity index is 530. The molecule has 0 radical (unpaired) electrons. The number of carbonyl (C=O) groups is 2. The van der Waals surface area contributed by atoms with Gasteiger partial charge in [-0.05, 0) is 48.5 Å². The van der Waals surface area contributed by atoms with Gasteiger partial charge in [0.2, 0.25) is 0 Å². The molecular weight excluding hydrogens is 326 g/mol. The summed E-state index contributed by atoms with van der Waals surface area (Å²) in [5.41, 5.74) is 1.19. The topological polar surface area (TPSA) is 75.6 Å². The summed E-state index contributed by atoms with van der Waals surface area (Å²) in [7, 11) is 0. The van der Waals surface area contributed by atoms with Crippen molar-refractivity contribution in [1.82, 2.24) is 5.32 Å². The highest BCUT2D eigenvalue weighted by molar-refractivity contribution is 7.99. The van der Waals surface area contributed by atoms with Gasteiger partial charge in [-0.1, -0.05) is 32.9 Å². The molecule has 0 saturated heterocycles. The van der Waals surface area contributed by atoms with Crippen molar-refractivity contribution in [2.75, 3.05) is 11.5 Å². The van der Waals surface area contributed by atoms with E-state index < -0.39 is 24.0 Å². The van der Waals surface area contributed by atoms with Crippen molar-refractivity contribution in [1.29, 1.82) is 0 Å². The molecule has 2 unspecified atom stereocenters. The molecule has 0 spiro atoms. The summed E-state index contributed by atoms with van der Waals surface area (Å²) in [5, 5.41) is 11.8. The second kappa shape index (κ2) is 10.2. The van der Waals surface area contributed by atoms with Crippen LogP contribution in [-0.2, 0) is 9.59 Å². The van der Waals surface area contributed by atoms with E-state index in [-0.39, 0.29) is 0 Å². The summed E-state index contributed by atoms with van der Waals surface area (Å²) in [5.74, 6) is 1.20. The zero-order valence-corrected chi connectivity index (χ0v) is 15.6. The third-order valence-corrected chi connectivity index (χ3v) is 4.53. The van der Waals surface area contributed by atoms with E-state index in [1.807, 2.05) is 31.2 Å². The van der Waals surface area contributed by atoms with E-state index in [9.17, 15) is 14.7 Å². The van der Waals surface area contributed by atoms with E-state index in [0.29, 0.717) is 23.8 Å². The molecule has 0 fully saturated rings. The lowest BCUT2D eigenvalue weighted by molar-refractivity contribution is -0.142. The lowest BCUT2D eigenvalue weighted by Gasteiger charge is -2.19. The number of carboxylic acids is 1. The first-order chi connectivity index (χ1) is 11.3. The number of aliphatic carboxylic acids is 1. The van der Waals surface area contributed by atoms with Crippen LogP contribution >= 0.6 is 11.8 Å². The van der Waals surface area contributed by atoms with Gasteiger partial charge in [-0.15, -0.1) is 0 Å². The number of nitrogens with one attached hydrogen (secondary N) is 1. The number of carboxylic acid groups (broad SMARTS) is 1. The van der Waals surface area contributed by atoms with Gasteiger partial charge in [-0.25, -0.2) is 4.79 Å². The largest absolute Gasteiger partial charge is 0.481 e. The maximum atomic E-state index is 12.2. The molecule has 0 bridgehead atoms. The van der Waals surface area contributed by atoms with Crippen molar-refractivity contribution in [3.8, 4) is 5.75 Å². The van der Waals surface area contributed by atoms with E-state index in [1.54, 1.807) is 18.7 Å². The number of amides is 1. The molecule has 6 heteroatoms. The SMILES string of the molecule is CCSCCC(NC(=O)C(C)Oc1ccc(C(C)C)cc1)C(=O)O. The molecule has 1 rings (SSSR count). The average Bonchev–Trinajstić information content (AvgIpc) is 2.54. The Labute approximate surface area is 148 Å². The fourth-order valence-corrected chi connectivity index (χ4v) is 2.77. The summed E-state index contributed by atoms with van der Waals surface area (Å²) >= 11 is 1.65. The van der Waals surface area contributed by atoms with Crippen LogP contribution in [0.3, 0.4) is 0 Å². The number of hydrogen-bond acceptors (Lipinski definition) is 4. The zero-order valence-electron chi connectivity index (χ0n) is 14.7. The minimum absolute atomic E-state index is 0.398. The van der Waals surface area contributed by atoms with Crippen LogP contribution in [-0.4, -0.2) is 40.6 Å². The number of thioether (sulfide) groups is 1. The Morgan fingerprint density at radius 1 is 1.21 bits per heavy atom. The number of ether oxygens (including phenoxy) is 1. The zero-order chi connectivity index (χ0) is 18.1. The lowest BCUT2D eigenvalue weighted by Crippen LogP contribution is -2.46. The Morgan fingerprint density at radius 2 is 1.83 bits per heavy atom. The van der Waals surface area contributed by atoms with Crippen LogP contribution < -0.4 is 10.1 Å². The van der Waals surface area contributed by atoms with Crippen LogP contribution in [0.2, 0.25) is 0 Å². The minimum Gasteiger partial charge on any atom is -0.481 e. The van der Waals surface area contributed by atoms with Gasteiger partial charge in [-0.2, -0.15) is 11.8 Å². The van der Waals surface area contributed by atoms with Crippen LogP contribution in [0.25, 0.3) is 0 Å². The molecule has 134 valence electrons. The van der Waals surface area contributed by atoms with Crippen LogP contribution in [0.4, 0.5) is 0 Å². The maximum Gasteiger partial charge on any atom is 0.326 e. The van der Waals surface area contributed by atoms with Crippen LogP contribution in [0.1, 0.15) is 45.6 Å². The first-order valence-corrected chi connectivity index (χ1v) is 9.38. The highest BCUT2D eigenvalue weighted by atomic mass is 32.2. The molecule has 1 aromatic carbocycles. The molecule has 0 aliphatic heterocycles. The Balaban J connectivity index is 2.57. The number of hydrogen-bond donors (Lipinski definition) is 2. The van der Waals surface area contributed by atoms with E-state index in [0.717, 1.165) is 5.75 Å². The highest BCUT2D eigenvalue weighted by Gasteiger charge is 2.23. The van der Waals surface area contributed by atoms with E-state index in [1.165, 1.54) is 5.56 Å². The minimum atomic E-state index is -1.02. The molecule has 2 atom stereocenters. The third-order valence-electron chi connectivity index (χ3n) is 3.60. The summed E-state index contributed by atoms with van der Waals surface area (Å²) < 4.78 is 5.61. The maximum absolute atomic E-state index is 12.2. The smallest absolute Gasteiger partial charge is 0.326 e. The normalized spacial score (nSPS) is 13.4. The summed E-state index contributed by atoms with van der Waals surface area (Å²) in [6, 6.07) is 6.70. The number of rotatable bonds is 10. The van der Waals surface area contributed by atoms with Gasteiger partial charge in [0.25, 0.3) is 5.91 Å². The predicted molar refractivity (Wildman–Crippen MR) is 97.8 cm³/mol. The van der Waals surface area contributed by atoms with Crippen LogP contribution in [0.15, 0.2) is 24.3 Å². The van der Waals surface area contributed by atoms with Gasteiger partial charge in [0.15, 0.2) is 6.10 Å². The molecule has 24 heavy (non-hydrogen) atoms. The Morgan fingerprint density at radius 3 is 2.33 bits per heavy atom. The molecule has 5 nitrogen and oxygen atoms in total. The fraction of sp³-hybridized carbons (Fsp3) is 0.556. The molecular formula is C18H27NO4S.